The zero-order valence-corrected chi connectivity index (χ0v) is 8.45. The van der Waals surface area contributed by atoms with Crippen molar-refractivity contribution in [1.82, 2.24) is 0 Å². The SMILES string of the molecule is Cc1occc1CC1C=CSS1. The lowest BCUT2D eigenvalue weighted by atomic mass is 10.1. The van der Waals surface area contributed by atoms with Gasteiger partial charge in [0.05, 0.1) is 6.26 Å². The fourth-order valence-corrected chi connectivity index (χ4v) is 3.36. The van der Waals surface area contributed by atoms with E-state index >= 15 is 0 Å². The molecule has 1 atom stereocenters. The third kappa shape index (κ3) is 1.72. The van der Waals surface area contributed by atoms with Crippen LogP contribution in [-0.4, -0.2) is 5.25 Å². The van der Waals surface area contributed by atoms with Gasteiger partial charge in [-0.25, -0.2) is 0 Å². The van der Waals surface area contributed by atoms with Crippen LogP contribution in [0.4, 0.5) is 0 Å². The fraction of sp³-hybridized carbons (Fsp3) is 0.333. The van der Waals surface area contributed by atoms with Crippen molar-refractivity contribution in [3.63, 3.8) is 0 Å². The van der Waals surface area contributed by atoms with E-state index in [1.54, 1.807) is 6.26 Å². The maximum absolute atomic E-state index is 5.23. The van der Waals surface area contributed by atoms with Crippen molar-refractivity contribution in [2.75, 3.05) is 0 Å². The molecule has 0 radical (unpaired) electrons. The van der Waals surface area contributed by atoms with Crippen molar-refractivity contribution in [3.05, 3.63) is 35.1 Å². The number of furan rings is 1. The minimum absolute atomic E-state index is 0.631. The minimum Gasteiger partial charge on any atom is -0.469 e. The van der Waals surface area contributed by atoms with Gasteiger partial charge in [0.15, 0.2) is 0 Å². The summed E-state index contributed by atoms with van der Waals surface area (Å²) in [5.74, 6) is 1.06. The topological polar surface area (TPSA) is 13.1 Å². The van der Waals surface area contributed by atoms with Gasteiger partial charge in [0.25, 0.3) is 0 Å². The lowest BCUT2D eigenvalue weighted by molar-refractivity contribution is 0.530. The fourth-order valence-electron chi connectivity index (χ4n) is 1.20. The van der Waals surface area contributed by atoms with Gasteiger partial charge in [-0.15, -0.1) is 0 Å². The monoisotopic (exact) mass is 198 g/mol. The van der Waals surface area contributed by atoms with Crippen LogP contribution in [0.2, 0.25) is 0 Å². The Balaban J connectivity index is 2.03. The summed E-state index contributed by atoms with van der Waals surface area (Å²) < 4.78 is 5.23. The van der Waals surface area contributed by atoms with E-state index in [0.29, 0.717) is 5.25 Å². The van der Waals surface area contributed by atoms with Gasteiger partial charge in [0.1, 0.15) is 5.76 Å². The van der Waals surface area contributed by atoms with Crippen molar-refractivity contribution in [1.29, 1.82) is 0 Å². The standard InChI is InChI=1S/C9H10OS2/c1-7-8(2-4-10-7)6-9-3-5-11-12-9/h2-5,9H,6H2,1H3. The molecule has 64 valence electrons. The second kappa shape index (κ2) is 3.62. The molecule has 0 amide bonds. The van der Waals surface area contributed by atoms with Crippen LogP contribution in [0.1, 0.15) is 11.3 Å². The lowest BCUT2D eigenvalue weighted by Gasteiger charge is -2.03. The Kier molecular flexibility index (Phi) is 2.51. The van der Waals surface area contributed by atoms with Crippen LogP contribution in [-0.2, 0) is 6.42 Å². The second-order valence-corrected chi connectivity index (χ2v) is 5.18. The lowest BCUT2D eigenvalue weighted by Crippen LogP contribution is -1.99. The van der Waals surface area contributed by atoms with Crippen molar-refractivity contribution in [3.8, 4) is 0 Å². The van der Waals surface area contributed by atoms with E-state index in [2.05, 4.69) is 17.6 Å². The van der Waals surface area contributed by atoms with Gasteiger partial charge >= 0.3 is 0 Å². The van der Waals surface area contributed by atoms with Crippen LogP contribution < -0.4 is 0 Å². The summed E-state index contributed by atoms with van der Waals surface area (Å²) in [7, 11) is 3.73. The van der Waals surface area contributed by atoms with Crippen LogP contribution >= 0.6 is 21.6 Å². The van der Waals surface area contributed by atoms with Gasteiger partial charge in [-0.1, -0.05) is 27.7 Å². The molecule has 2 heterocycles. The highest BCUT2D eigenvalue weighted by Gasteiger charge is 2.13. The Morgan fingerprint density at radius 2 is 2.50 bits per heavy atom. The van der Waals surface area contributed by atoms with Gasteiger partial charge in [0.2, 0.25) is 0 Å². The normalized spacial score (nSPS) is 21.9. The molecule has 2 rings (SSSR count). The highest BCUT2D eigenvalue weighted by molar-refractivity contribution is 8.78. The molecule has 0 bridgehead atoms. The molecule has 1 aliphatic heterocycles. The Morgan fingerprint density at radius 1 is 1.58 bits per heavy atom. The highest BCUT2D eigenvalue weighted by Crippen LogP contribution is 2.37. The summed E-state index contributed by atoms with van der Waals surface area (Å²) in [6.07, 6.45) is 5.11. The van der Waals surface area contributed by atoms with Crippen LogP contribution in [0.3, 0.4) is 0 Å². The maximum atomic E-state index is 5.23. The van der Waals surface area contributed by atoms with E-state index in [1.807, 2.05) is 28.5 Å². The largest absolute Gasteiger partial charge is 0.469 e. The van der Waals surface area contributed by atoms with Crippen molar-refractivity contribution in [2.45, 2.75) is 18.6 Å². The molecule has 1 unspecified atom stereocenters. The number of aryl methyl sites for hydroxylation is 1. The molecule has 12 heavy (non-hydrogen) atoms. The van der Waals surface area contributed by atoms with Gasteiger partial charge in [-0.3, -0.25) is 0 Å². The third-order valence-electron chi connectivity index (χ3n) is 1.92. The first-order chi connectivity index (χ1) is 5.86. The second-order valence-electron chi connectivity index (χ2n) is 2.77. The first kappa shape index (κ1) is 8.32. The molecule has 3 heteroatoms. The van der Waals surface area contributed by atoms with Gasteiger partial charge in [0, 0.05) is 5.25 Å². The summed E-state index contributed by atoms with van der Waals surface area (Å²) in [5, 5.41) is 2.79. The molecule has 1 aromatic rings. The summed E-state index contributed by atoms with van der Waals surface area (Å²) in [5.41, 5.74) is 1.33. The van der Waals surface area contributed by atoms with Crippen LogP contribution in [0, 0.1) is 6.92 Å². The molecule has 0 N–H and O–H groups in total. The Bertz CT molecular complexity index is 290. The predicted octanol–water partition coefficient (Wildman–Crippen LogP) is 3.41. The molecule has 0 saturated carbocycles. The van der Waals surface area contributed by atoms with Gasteiger partial charge in [-0.05, 0) is 30.4 Å². The zero-order chi connectivity index (χ0) is 8.39. The first-order valence-electron chi connectivity index (χ1n) is 3.88. The molecule has 1 aromatic heterocycles. The quantitative estimate of drug-likeness (QED) is 0.676. The summed E-state index contributed by atoms with van der Waals surface area (Å²) in [6.45, 7) is 2.02. The highest BCUT2D eigenvalue weighted by atomic mass is 33.1. The third-order valence-corrected chi connectivity index (χ3v) is 4.27. The van der Waals surface area contributed by atoms with E-state index in [9.17, 15) is 0 Å². The first-order valence-corrected chi connectivity index (χ1v) is 6.15. The molecule has 0 spiro atoms. The molecular formula is C9H10OS2. The van der Waals surface area contributed by atoms with Crippen molar-refractivity contribution < 1.29 is 4.42 Å². The van der Waals surface area contributed by atoms with E-state index in [4.69, 9.17) is 4.42 Å². The average Bonchev–Trinajstić information content (AvgIpc) is 2.65. The van der Waals surface area contributed by atoms with E-state index in [0.717, 1.165) is 12.2 Å². The van der Waals surface area contributed by atoms with Crippen molar-refractivity contribution >= 4 is 21.6 Å². The minimum atomic E-state index is 0.631. The Morgan fingerprint density at radius 3 is 3.08 bits per heavy atom. The smallest absolute Gasteiger partial charge is 0.103 e. The molecule has 1 nitrogen and oxygen atoms in total. The van der Waals surface area contributed by atoms with E-state index in [-0.39, 0.29) is 0 Å². The van der Waals surface area contributed by atoms with E-state index in [1.165, 1.54) is 5.56 Å². The Labute approximate surface area is 80.0 Å². The molecule has 0 saturated heterocycles. The Hall–Kier alpha value is -0.280. The van der Waals surface area contributed by atoms with Crippen LogP contribution in [0.15, 0.2) is 28.2 Å². The summed E-state index contributed by atoms with van der Waals surface area (Å²) in [6, 6.07) is 2.06. The predicted molar refractivity (Wildman–Crippen MR) is 55.3 cm³/mol. The van der Waals surface area contributed by atoms with E-state index < -0.39 is 0 Å². The maximum Gasteiger partial charge on any atom is 0.103 e. The van der Waals surface area contributed by atoms with Crippen LogP contribution in [0.25, 0.3) is 0 Å². The summed E-state index contributed by atoms with van der Waals surface area (Å²) >= 11 is 0. The number of rotatable bonds is 2. The molecule has 0 fully saturated rings. The van der Waals surface area contributed by atoms with Gasteiger partial charge < -0.3 is 4.42 Å². The van der Waals surface area contributed by atoms with Crippen molar-refractivity contribution in [2.24, 2.45) is 0 Å². The zero-order valence-electron chi connectivity index (χ0n) is 6.82. The molecule has 1 aliphatic rings. The average molecular weight is 198 g/mol. The van der Waals surface area contributed by atoms with Crippen LogP contribution in [0.5, 0.6) is 0 Å². The molecule has 0 aromatic carbocycles. The molecule has 0 aliphatic carbocycles. The number of hydrogen-bond donors (Lipinski definition) is 0. The molecular weight excluding hydrogens is 188 g/mol. The van der Waals surface area contributed by atoms with Gasteiger partial charge in [-0.2, -0.15) is 0 Å². The number of hydrogen-bond acceptors (Lipinski definition) is 3. The summed E-state index contributed by atoms with van der Waals surface area (Å²) in [4.78, 5) is 0.